The largest absolute Gasteiger partial charge is 0.496 e. The minimum absolute atomic E-state index is 1.03. The standard InChI is InChI=1S/C14H22BrNO/c1-9-10(2)14(17-5)12(7-6-8-16-4)11(3)13(9)15/h16H,6-8H2,1-5H3. The second-order valence-corrected chi connectivity index (χ2v) is 5.20. The predicted octanol–water partition coefficient (Wildman–Crippen LogP) is 3.53. The van der Waals surface area contributed by atoms with Crippen LogP contribution in [0.1, 0.15) is 28.7 Å². The van der Waals surface area contributed by atoms with E-state index in [9.17, 15) is 0 Å². The number of hydrogen-bond donors (Lipinski definition) is 1. The van der Waals surface area contributed by atoms with Gasteiger partial charge < -0.3 is 10.1 Å². The molecule has 0 aliphatic heterocycles. The van der Waals surface area contributed by atoms with Gasteiger partial charge in [-0.05, 0) is 69.5 Å². The molecule has 0 saturated carbocycles. The first-order valence-electron chi connectivity index (χ1n) is 6.01. The summed E-state index contributed by atoms with van der Waals surface area (Å²) in [5, 5.41) is 3.18. The number of halogens is 1. The van der Waals surface area contributed by atoms with Crippen LogP contribution in [0, 0.1) is 20.8 Å². The average Bonchev–Trinajstić information content (AvgIpc) is 2.33. The van der Waals surface area contributed by atoms with Crippen molar-refractivity contribution in [1.29, 1.82) is 0 Å². The van der Waals surface area contributed by atoms with Crippen molar-refractivity contribution in [2.75, 3.05) is 20.7 Å². The lowest BCUT2D eigenvalue weighted by atomic mass is 9.96. The smallest absolute Gasteiger partial charge is 0.125 e. The fraction of sp³-hybridized carbons (Fsp3) is 0.571. The Balaban J connectivity index is 3.17. The topological polar surface area (TPSA) is 21.3 Å². The van der Waals surface area contributed by atoms with Gasteiger partial charge in [0.25, 0.3) is 0 Å². The molecule has 1 aromatic carbocycles. The van der Waals surface area contributed by atoms with E-state index in [-0.39, 0.29) is 0 Å². The highest BCUT2D eigenvalue weighted by Crippen LogP contribution is 2.36. The van der Waals surface area contributed by atoms with Crippen molar-refractivity contribution in [3.05, 3.63) is 26.7 Å². The predicted molar refractivity (Wildman–Crippen MR) is 77.2 cm³/mol. The molecule has 96 valence electrons. The third kappa shape index (κ3) is 3.02. The van der Waals surface area contributed by atoms with Crippen LogP contribution in [-0.4, -0.2) is 20.7 Å². The lowest BCUT2D eigenvalue weighted by molar-refractivity contribution is 0.404. The fourth-order valence-electron chi connectivity index (χ4n) is 2.16. The van der Waals surface area contributed by atoms with E-state index < -0.39 is 0 Å². The van der Waals surface area contributed by atoms with Gasteiger partial charge in [0, 0.05) is 4.47 Å². The lowest BCUT2D eigenvalue weighted by Crippen LogP contribution is -2.10. The molecule has 3 heteroatoms. The molecule has 0 aliphatic rings. The summed E-state index contributed by atoms with van der Waals surface area (Å²) >= 11 is 3.68. The van der Waals surface area contributed by atoms with Crippen molar-refractivity contribution in [1.82, 2.24) is 5.32 Å². The third-order valence-electron chi connectivity index (χ3n) is 3.35. The van der Waals surface area contributed by atoms with Crippen molar-refractivity contribution in [3.8, 4) is 5.75 Å². The summed E-state index contributed by atoms with van der Waals surface area (Å²) in [5.74, 6) is 1.05. The normalized spacial score (nSPS) is 10.7. The molecule has 0 amide bonds. The van der Waals surface area contributed by atoms with Crippen LogP contribution in [0.15, 0.2) is 4.47 Å². The van der Waals surface area contributed by atoms with Crippen molar-refractivity contribution >= 4 is 15.9 Å². The van der Waals surface area contributed by atoms with E-state index in [4.69, 9.17) is 4.74 Å². The van der Waals surface area contributed by atoms with Gasteiger partial charge >= 0.3 is 0 Å². The minimum atomic E-state index is 1.03. The van der Waals surface area contributed by atoms with Gasteiger partial charge in [-0.2, -0.15) is 0 Å². The van der Waals surface area contributed by atoms with Gasteiger partial charge in [0.2, 0.25) is 0 Å². The third-order valence-corrected chi connectivity index (χ3v) is 4.54. The van der Waals surface area contributed by atoms with Crippen LogP contribution in [0.5, 0.6) is 5.75 Å². The molecule has 0 radical (unpaired) electrons. The number of benzene rings is 1. The zero-order chi connectivity index (χ0) is 13.0. The number of methoxy groups -OCH3 is 1. The molecule has 0 heterocycles. The molecular formula is C14H22BrNO. The molecule has 0 fully saturated rings. The summed E-state index contributed by atoms with van der Waals surface area (Å²) in [7, 11) is 3.75. The van der Waals surface area contributed by atoms with Gasteiger partial charge in [-0.3, -0.25) is 0 Å². The monoisotopic (exact) mass is 299 g/mol. The molecule has 0 bridgehead atoms. The number of nitrogens with one attached hydrogen (secondary N) is 1. The Labute approximate surface area is 113 Å². The zero-order valence-electron chi connectivity index (χ0n) is 11.4. The maximum absolute atomic E-state index is 5.58. The summed E-state index contributed by atoms with van der Waals surface area (Å²) in [6, 6.07) is 0. The number of ether oxygens (including phenoxy) is 1. The summed E-state index contributed by atoms with van der Waals surface area (Å²) in [6.45, 7) is 7.45. The lowest BCUT2D eigenvalue weighted by Gasteiger charge is -2.18. The molecule has 0 aromatic heterocycles. The number of hydrogen-bond acceptors (Lipinski definition) is 2. The highest BCUT2D eigenvalue weighted by molar-refractivity contribution is 9.10. The van der Waals surface area contributed by atoms with E-state index in [1.165, 1.54) is 26.7 Å². The summed E-state index contributed by atoms with van der Waals surface area (Å²) in [6.07, 6.45) is 2.18. The van der Waals surface area contributed by atoms with E-state index in [0.29, 0.717) is 0 Å². The molecule has 0 saturated heterocycles. The Morgan fingerprint density at radius 2 is 1.76 bits per heavy atom. The van der Waals surface area contributed by atoms with E-state index in [1.54, 1.807) is 7.11 Å². The van der Waals surface area contributed by atoms with Gasteiger partial charge in [-0.15, -0.1) is 0 Å². The second-order valence-electron chi connectivity index (χ2n) is 4.41. The van der Waals surface area contributed by atoms with Crippen LogP contribution in [0.2, 0.25) is 0 Å². The Hall–Kier alpha value is -0.540. The first-order valence-corrected chi connectivity index (χ1v) is 6.80. The molecule has 0 spiro atoms. The molecule has 1 aromatic rings. The van der Waals surface area contributed by atoms with E-state index in [0.717, 1.165) is 25.1 Å². The maximum atomic E-state index is 5.58. The van der Waals surface area contributed by atoms with Gasteiger partial charge in [-0.25, -0.2) is 0 Å². The molecule has 0 aliphatic carbocycles. The van der Waals surface area contributed by atoms with Gasteiger partial charge in [-0.1, -0.05) is 15.9 Å². The van der Waals surface area contributed by atoms with Crippen molar-refractivity contribution in [3.63, 3.8) is 0 Å². The highest BCUT2D eigenvalue weighted by atomic mass is 79.9. The van der Waals surface area contributed by atoms with Gasteiger partial charge in [0.1, 0.15) is 5.75 Å². The fourth-order valence-corrected chi connectivity index (χ4v) is 2.70. The van der Waals surface area contributed by atoms with E-state index in [2.05, 4.69) is 42.0 Å². The van der Waals surface area contributed by atoms with Crippen LogP contribution in [0.3, 0.4) is 0 Å². The Kier molecular flexibility index (Phi) is 5.47. The molecule has 0 unspecified atom stereocenters. The quantitative estimate of drug-likeness (QED) is 0.840. The Bertz CT molecular complexity index is 402. The minimum Gasteiger partial charge on any atom is -0.496 e. The summed E-state index contributed by atoms with van der Waals surface area (Å²) in [4.78, 5) is 0. The second kappa shape index (κ2) is 6.41. The van der Waals surface area contributed by atoms with Crippen LogP contribution >= 0.6 is 15.9 Å². The molecule has 0 atom stereocenters. The Morgan fingerprint density at radius 1 is 1.12 bits per heavy atom. The number of rotatable bonds is 5. The van der Waals surface area contributed by atoms with Crippen molar-refractivity contribution < 1.29 is 4.74 Å². The molecule has 2 nitrogen and oxygen atoms in total. The molecular weight excluding hydrogens is 278 g/mol. The Morgan fingerprint density at radius 3 is 2.29 bits per heavy atom. The molecule has 1 N–H and O–H groups in total. The summed E-state index contributed by atoms with van der Waals surface area (Å²) < 4.78 is 6.80. The van der Waals surface area contributed by atoms with Gasteiger partial charge in [0.05, 0.1) is 7.11 Å². The van der Waals surface area contributed by atoms with E-state index in [1.807, 2.05) is 7.05 Å². The van der Waals surface area contributed by atoms with Crippen molar-refractivity contribution in [2.45, 2.75) is 33.6 Å². The van der Waals surface area contributed by atoms with Crippen LogP contribution in [-0.2, 0) is 6.42 Å². The zero-order valence-corrected chi connectivity index (χ0v) is 13.0. The average molecular weight is 300 g/mol. The van der Waals surface area contributed by atoms with Crippen LogP contribution in [0.25, 0.3) is 0 Å². The molecule has 1 rings (SSSR count). The van der Waals surface area contributed by atoms with Crippen LogP contribution in [0.4, 0.5) is 0 Å². The van der Waals surface area contributed by atoms with Crippen LogP contribution < -0.4 is 10.1 Å². The first-order chi connectivity index (χ1) is 8.04. The first kappa shape index (κ1) is 14.5. The summed E-state index contributed by atoms with van der Waals surface area (Å²) in [5.41, 5.74) is 5.15. The van der Waals surface area contributed by atoms with Crippen molar-refractivity contribution in [2.24, 2.45) is 0 Å². The van der Waals surface area contributed by atoms with Gasteiger partial charge in [0.15, 0.2) is 0 Å². The van der Waals surface area contributed by atoms with E-state index >= 15 is 0 Å². The highest BCUT2D eigenvalue weighted by Gasteiger charge is 2.15. The maximum Gasteiger partial charge on any atom is 0.125 e. The molecule has 17 heavy (non-hydrogen) atoms. The SMILES string of the molecule is CNCCCc1c(C)c(Br)c(C)c(C)c1OC.